The molecule has 1 fully saturated rings. The summed E-state index contributed by atoms with van der Waals surface area (Å²) in [5, 5.41) is 6.47. The van der Waals surface area contributed by atoms with Crippen LogP contribution in [0.3, 0.4) is 0 Å². The van der Waals surface area contributed by atoms with E-state index in [1.807, 2.05) is 18.2 Å². The van der Waals surface area contributed by atoms with Crippen molar-refractivity contribution in [3.63, 3.8) is 0 Å². The molecule has 3 rings (SSSR count). The van der Waals surface area contributed by atoms with Crippen molar-refractivity contribution < 1.29 is 13.2 Å². The fourth-order valence-electron chi connectivity index (χ4n) is 5.27. The van der Waals surface area contributed by atoms with Gasteiger partial charge in [-0.05, 0) is 61.6 Å². The van der Waals surface area contributed by atoms with E-state index < -0.39 is 10.0 Å². The van der Waals surface area contributed by atoms with Crippen LogP contribution < -0.4 is 15.4 Å². The SMILES string of the molecule is CCCCCCCCC(=O)Nc1ccc(S(=O)(=O)Nc2ccccc2CNC(C)CC2CCCCC2)cc1. The van der Waals surface area contributed by atoms with Gasteiger partial charge in [-0.1, -0.05) is 89.3 Å². The smallest absolute Gasteiger partial charge is 0.261 e. The van der Waals surface area contributed by atoms with Crippen LogP contribution in [0.4, 0.5) is 11.4 Å². The topological polar surface area (TPSA) is 87.3 Å². The fourth-order valence-corrected chi connectivity index (χ4v) is 6.38. The summed E-state index contributed by atoms with van der Waals surface area (Å²) in [6.45, 7) is 5.02. The van der Waals surface area contributed by atoms with Gasteiger partial charge in [0.2, 0.25) is 5.91 Å². The number of nitrogens with one attached hydrogen (secondary N) is 3. The highest BCUT2D eigenvalue weighted by atomic mass is 32.2. The number of benzene rings is 2. The van der Waals surface area contributed by atoms with Gasteiger partial charge in [-0.3, -0.25) is 9.52 Å². The number of anilines is 2. The summed E-state index contributed by atoms with van der Waals surface area (Å²) in [7, 11) is -3.76. The van der Waals surface area contributed by atoms with Crippen LogP contribution >= 0.6 is 0 Å². The number of carbonyl (C=O) groups excluding carboxylic acids is 1. The van der Waals surface area contributed by atoms with E-state index in [1.54, 1.807) is 18.2 Å². The molecule has 1 aliphatic rings. The van der Waals surface area contributed by atoms with Crippen LogP contribution in [0.2, 0.25) is 0 Å². The molecule has 7 heteroatoms. The normalized spacial score (nSPS) is 15.2. The van der Waals surface area contributed by atoms with Gasteiger partial charge >= 0.3 is 0 Å². The third-order valence-corrected chi connectivity index (χ3v) is 8.90. The van der Waals surface area contributed by atoms with Gasteiger partial charge in [0.15, 0.2) is 0 Å². The summed E-state index contributed by atoms with van der Waals surface area (Å²) in [5.74, 6) is 0.761. The molecule has 0 saturated heterocycles. The molecule has 0 radical (unpaired) electrons. The lowest BCUT2D eigenvalue weighted by atomic mass is 9.85. The molecule has 1 amide bonds. The minimum atomic E-state index is -3.76. The maximum atomic E-state index is 13.1. The summed E-state index contributed by atoms with van der Waals surface area (Å²) in [6.07, 6.45) is 15.1. The van der Waals surface area contributed by atoms with Gasteiger partial charge in [-0.25, -0.2) is 8.42 Å². The zero-order valence-electron chi connectivity index (χ0n) is 23.3. The molecule has 1 atom stereocenters. The molecule has 0 bridgehead atoms. The molecule has 1 aliphatic carbocycles. The maximum Gasteiger partial charge on any atom is 0.261 e. The van der Waals surface area contributed by atoms with Gasteiger partial charge in [0, 0.05) is 24.7 Å². The monoisotopic (exact) mass is 541 g/mol. The predicted octanol–water partition coefficient (Wildman–Crippen LogP) is 7.63. The Morgan fingerprint density at radius 2 is 1.61 bits per heavy atom. The van der Waals surface area contributed by atoms with E-state index in [4.69, 9.17) is 0 Å². The molecule has 210 valence electrons. The number of sulfonamides is 1. The van der Waals surface area contributed by atoms with Crippen LogP contribution in [-0.2, 0) is 21.4 Å². The highest BCUT2D eigenvalue weighted by Gasteiger charge is 2.18. The number of unbranched alkanes of at least 4 members (excludes halogenated alkanes) is 5. The summed E-state index contributed by atoms with van der Waals surface area (Å²) < 4.78 is 29.0. The predicted molar refractivity (Wildman–Crippen MR) is 158 cm³/mol. The molecule has 0 aromatic heterocycles. The molecule has 2 aromatic rings. The Bertz CT molecular complexity index is 1080. The zero-order valence-corrected chi connectivity index (χ0v) is 24.1. The molecular weight excluding hydrogens is 494 g/mol. The first kappa shape index (κ1) is 30.2. The average molecular weight is 542 g/mol. The molecule has 0 spiro atoms. The largest absolute Gasteiger partial charge is 0.326 e. The number of hydrogen-bond acceptors (Lipinski definition) is 4. The third-order valence-electron chi connectivity index (χ3n) is 7.52. The standard InChI is InChI=1S/C31H47N3O3S/c1-3-4-5-6-7-11-18-31(35)33-28-19-21-29(22-20-28)38(36,37)34-30-17-13-12-16-27(30)24-32-25(2)23-26-14-9-8-10-15-26/h12-13,16-17,19-22,25-26,32,34H,3-11,14-15,18,23-24H2,1-2H3,(H,33,35). The minimum absolute atomic E-state index is 0.0339. The molecule has 6 nitrogen and oxygen atoms in total. The molecule has 38 heavy (non-hydrogen) atoms. The van der Waals surface area contributed by atoms with Crippen molar-refractivity contribution in [2.24, 2.45) is 5.92 Å². The highest BCUT2D eigenvalue weighted by Crippen LogP contribution is 2.28. The summed E-state index contributed by atoms with van der Waals surface area (Å²) in [4.78, 5) is 12.4. The molecule has 0 aliphatic heterocycles. The van der Waals surface area contributed by atoms with E-state index >= 15 is 0 Å². The molecule has 2 aromatic carbocycles. The number of rotatable bonds is 16. The van der Waals surface area contributed by atoms with Crippen LogP contribution in [-0.4, -0.2) is 20.4 Å². The second-order valence-electron chi connectivity index (χ2n) is 10.9. The van der Waals surface area contributed by atoms with Gasteiger partial charge in [-0.15, -0.1) is 0 Å². The molecule has 3 N–H and O–H groups in total. The van der Waals surface area contributed by atoms with Crippen LogP contribution in [0.1, 0.15) is 103 Å². The quantitative estimate of drug-likeness (QED) is 0.191. The second kappa shape index (κ2) is 15.9. The zero-order chi connectivity index (χ0) is 27.2. The maximum absolute atomic E-state index is 13.1. The van der Waals surface area contributed by atoms with E-state index in [9.17, 15) is 13.2 Å². The van der Waals surface area contributed by atoms with Crippen molar-refractivity contribution >= 4 is 27.3 Å². The molecule has 0 heterocycles. The Balaban J connectivity index is 1.50. The summed E-state index contributed by atoms with van der Waals surface area (Å²) in [6, 6.07) is 14.3. The van der Waals surface area contributed by atoms with Crippen molar-refractivity contribution in [1.82, 2.24) is 5.32 Å². The van der Waals surface area contributed by atoms with Crippen molar-refractivity contribution in [3.05, 3.63) is 54.1 Å². The van der Waals surface area contributed by atoms with Gasteiger partial charge < -0.3 is 10.6 Å². The van der Waals surface area contributed by atoms with Crippen LogP contribution in [0, 0.1) is 5.92 Å². The Hall–Kier alpha value is -2.38. The number of carbonyl (C=O) groups is 1. The first-order valence-electron chi connectivity index (χ1n) is 14.6. The lowest BCUT2D eigenvalue weighted by Crippen LogP contribution is -2.29. The number of hydrogen-bond donors (Lipinski definition) is 3. The first-order chi connectivity index (χ1) is 18.4. The molecular formula is C31H47N3O3S. The Labute approximate surface area is 230 Å². The van der Waals surface area contributed by atoms with Gasteiger partial charge in [0.1, 0.15) is 0 Å². The van der Waals surface area contributed by atoms with Crippen molar-refractivity contribution in [3.8, 4) is 0 Å². The molecule has 1 unspecified atom stereocenters. The fraction of sp³-hybridized carbons (Fsp3) is 0.581. The number of para-hydroxylation sites is 1. The third kappa shape index (κ3) is 10.4. The lowest BCUT2D eigenvalue weighted by Gasteiger charge is -2.25. The Morgan fingerprint density at radius 1 is 0.921 bits per heavy atom. The number of amides is 1. The van der Waals surface area contributed by atoms with Crippen molar-refractivity contribution in [1.29, 1.82) is 0 Å². The van der Waals surface area contributed by atoms with E-state index in [0.717, 1.165) is 30.7 Å². The van der Waals surface area contributed by atoms with E-state index in [-0.39, 0.29) is 10.8 Å². The second-order valence-corrected chi connectivity index (χ2v) is 12.6. The van der Waals surface area contributed by atoms with E-state index in [1.165, 1.54) is 69.9 Å². The first-order valence-corrected chi connectivity index (χ1v) is 16.1. The van der Waals surface area contributed by atoms with Crippen molar-refractivity contribution in [2.75, 3.05) is 10.0 Å². The van der Waals surface area contributed by atoms with Gasteiger partial charge in [0.25, 0.3) is 10.0 Å². The minimum Gasteiger partial charge on any atom is -0.326 e. The summed E-state index contributed by atoms with van der Waals surface area (Å²) in [5.41, 5.74) is 2.11. The van der Waals surface area contributed by atoms with E-state index in [2.05, 4.69) is 29.2 Å². The van der Waals surface area contributed by atoms with Gasteiger partial charge in [-0.2, -0.15) is 0 Å². The summed E-state index contributed by atoms with van der Waals surface area (Å²) >= 11 is 0. The average Bonchev–Trinajstić information content (AvgIpc) is 2.91. The molecule has 1 saturated carbocycles. The Morgan fingerprint density at radius 3 is 2.34 bits per heavy atom. The Kier molecular flexibility index (Phi) is 12.6. The van der Waals surface area contributed by atoms with Gasteiger partial charge in [0.05, 0.1) is 10.6 Å². The van der Waals surface area contributed by atoms with Crippen LogP contribution in [0.5, 0.6) is 0 Å². The van der Waals surface area contributed by atoms with Crippen LogP contribution in [0.25, 0.3) is 0 Å². The van der Waals surface area contributed by atoms with Crippen molar-refractivity contribution in [2.45, 2.75) is 115 Å². The van der Waals surface area contributed by atoms with E-state index in [0.29, 0.717) is 30.4 Å². The highest BCUT2D eigenvalue weighted by molar-refractivity contribution is 7.92. The van der Waals surface area contributed by atoms with Crippen LogP contribution in [0.15, 0.2) is 53.4 Å². The lowest BCUT2D eigenvalue weighted by molar-refractivity contribution is -0.116.